The van der Waals surface area contributed by atoms with Crippen LogP contribution >= 0.6 is 11.6 Å². The molecule has 1 unspecified atom stereocenters. The highest BCUT2D eigenvalue weighted by molar-refractivity contribution is 6.30. The second-order valence-corrected chi connectivity index (χ2v) is 5.55. The monoisotopic (exact) mass is 289 g/mol. The van der Waals surface area contributed by atoms with Crippen molar-refractivity contribution in [2.45, 2.75) is 18.9 Å². The Morgan fingerprint density at radius 2 is 2.10 bits per heavy atom. The van der Waals surface area contributed by atoms with Crippen molar-refractivity contribution in [1.29, 1.82) is 0 Å². The Hall–Kier alpha value is -1.81. The molecule has 0 bridgehead atoms. The van der Waals surface area contributed by atoms with E-state index in [2.05, 4.69) is 5.10 Å². The molecule has 0 aliphatic carbocycles. The van der Waals surface area contributed by atoms with Crippen LogP contribution in [-0.4, -0.2) is 27.1 Å². The number of hydrogen-bond donors (Lipinski definition) is 0. The Morgan fingerprint density at radius 1 is 1.35 bits per heavy atom. The number of nitrogens with zero attached hydrogens (tertiary/aromatic N) is 3. The van der Waals surface area contributed by atoms with Crippen molar-refractivity contribution in [2.75, 3.05) is 6.54 Å². The van der Waals surface area contributed by atoms with E-state index in [1.165, 1.54) is 0 Å². The first-order valence-corrected chi connectivity index (χ1v) is 7.08. The number of hydrogen-bond acceptors (Lipinski definition) is 2. The van der Waals surface area contributed by atoms with E-state index in [1.807, 2.05) is 36.2 Å². The van der Waals surface area contributed by atoms with Gasteiger partial charge in [0, 0.05) is 24.8 Å². The summed E-state index contributed by atoms with van der Waals surface area (Å²) in [5, 5.41) is 4.79. The largest absolute Gasteiger partial charge is 0.332 e. The molecule has 1 aliphatic heterocycles. The lowest BCUT2D eigenvalue weighted by atomic mass is 10.0. The van der Waals surface area contributed by atoms with Gasteiger partial charge >= 0.3 is 0 Å². The number of halogens is 1. The lowest BCUT2D eigenvalue weighted by Gasteiger charge is -2.24. The van der Waals surface area contributed by atoms with Crippen LogP contribution in [0.4, 0.5) is 0 Å². The van der Waals surface area contributed by atoms with Gasteiger partial charge in [-0.25, -0.2) is 0 Å². The van der Waals surface area contributed by atoms with E-state index < -0.39 is 0 Å². The number of amides is 1. The van der Waals surface area contributed by atoms with Crippen molar-refractivity contribution in [3.63, 3.8) is 0 Å². The summed E-state index contributed by atoms with van der Waals surface area (Å²) in [6, 6.07) is 7.90. The van der Waals surface area contributed by atoms with Gasteiger partial charge in [0.2, 0.25) is 0 Å². The van der Waals surface area contributed by atoms with Crippen molar-refractivity contribution in [2.24, 2.45) is 7.05 Å². The minimum absolute atomic E-state index is 0.0514. The van der Waals surface area contributed by atoms with Gasteiger partial charge in [-0.15, -0.1) is 0 Å². The smallest absolute Gasteiger partial charge is 0.257 e. The Labute approximate surface area is 123 Å². The SMILES string of the molecule is Cn1cc(C(=O)N2CCCC2c2ccc(Cl)cc2)cn1. The van der Waals surface area contributed by atoms with Crippen molar-refractivity contribution < 1.29 is 4.79 Å². The van der Waals surface area contributed by atoms with Crippen molar-refractivity contribution in [3.05, 3.63) is 52.8 Å². The third-order valence-corrected chi connectivity index (χ3v) is 3.97. The van der Waals surface area contributed by atoms with Gasteiger partial charge in [-0.2, -0.15) is 5.10 Å². The molecule has 1 fully saturated rings. The maximum Gasteiger partial charge on any atom is 0.257 e. The normalized spacial score (nSPS) is 18.5. The second-order valence-electron chi connectivity index (χ2n) is 5.11. The zero-order valence-corrected chi connectivity index (χ0v) is 12.0. The van der Waals surface area contributed by atoms with E-state index >= 15 is 0 Å². The lowest BCUT2D eigenvalue weighted by molar-refractivity contribution is 0.0735. The summed E-state index contributed by atoms with van der Waals surface area (Å²) in [6.07, 6.45) is 5.41. The molecule has 1 aromatic heterocycles. The van der Waals surface area contributed by atoms with Crippen LogP contribution in [0.1, 0.15) is 34.8 Å². The fraction of sp³-hybridized carbons (Fsp3) is 0.333. The van der Waals surface area contributed by atoms with E-state index in [4.69, 9.17) is 11.6 Å². The van der Waals surface area contributed by atoms with E-state index in [-0.39, 0.29) is 11.9 Å². The quantitative estimate of drug-likeness (QED) is 0.852. The number of rotatable bonds is 2. The molecule has 0 saturated carbocycles. The summed E-state index contributed by atoms with van der Waals surface area (Å²) in [7, 11) is 1.82. The van der Waals surface area contributed by atoms with Gasteiger partial charge < -0.3 is 4.90 Å². The second kappa shape index (κ2) is 5.29. The molecule has 1 aromatic carbocycles. The molecule has 2 aromatic rings. The van der Waals surface area contributed by atoms with E-state index in [9.17, 15) is 4.79 Å². The Kier molecular flexibility index (Phi) is 3.49. The summed E-state index contributed by atoms with van der Waals surface area (Å²) in [6.45, 7) is 0.793. The van der Waals surface area contributed by atoms with Gasteiger partial charge in [0.15, 0.2) is 0 Å². The van der Waals surface area contributed by atoms with Crippen LogP contribution in [0, 0.1) is 0 Å². The van der Waals surface area contributed by atoms with Gasteiger partial charge in [0.25, 0.3) is 5.91 Å². The standard InChI is InChI=1S/C15H16ClN3O/c1-18-10-12(9-17-18)15(20)19-8-2-3-14(19)11-4-6-13(16)7-5-11/h4-7,9-10,14H,2-3,8H2,1H3. The molecule has 20 heavy (non-hydrogen) atoms. The van der Waals surface area contributed by atoms with Crippen LogP contribution in [0.2, 0.25) is 5.02 Å². The number of benzene rings is 1. The molecule has 0 radical (unpaired) electrons. The fourth-order valence-electron chi connectivity index (χ4n) is 2.74. The van der Waals surface area contributed by atoms with E-state index in [0.29, 0.717) is 5.56 Å². The maximum absolute atomic E-state index is 12.6. The first-order chi connectivity index (χ1) is 9.65. The fourth-order valence-corrected chi connectivity index (χ4v) is 2.86. The van der Waals surface area contributed by atoms with E-state index in [1.54, 1.807) is 17.1 Å². The first-order valence-electron chi connectivity index (χ1n) is 6.70. The number of carbonyl (C=O) groups excluding carboxylic acids is 1. The Balaban J connectivity index is 1.85. The molecular formula is C15H16ClN3O. The van der Waals surface area contributed by atoms with Crippen molar-refractivity contribution in [1.82, 2.24) is 14.7 Å². The van der Waals surface area contributed by atoms with Gasteiger partial charge in [-0.05, 0) is 30.5 Å². The number of aromatic nitrogens is 2. The molecule has 4 nitrogen and oxygen atoms in total. The third kappa shape index (κ3) is 2.43. The highest BCUT2D eigenvalue weighted by atomic mass is 35.5. The van der Waals surface area contributed by atoms with Gasteiger partial charge in [-0.1, -0.05) is 23.7 Å². The molecule has 104 valence electrons. The molecule has 1 atom stereocenters. The summed E-state index contributed by atoms with van der Waals surface area (Å²) in [5.41, 5.74) is 1.79. The van der Waals surface area contributed by atoms with Gasteiger partial charge in [0.1, 0.15) is 0 Å². The topological polar surface area (TPSA) is 38.1 Å². The number of aryl methyl sites for hydroxylation is 1. The van der Waals surface area contributed by atoms with Crippen molar-refractivity contribution >= 4 is 17.5 Å². The highest BCUT2D eigenvalue weighted by Gasteiger charge is 2.30. The van der Waals surface area contributed by atoms with Crippen LogP contribution in [0.3, 0.4) is 0 Å². The summed E-state index contributed by atoms with van der Waals surface area (Å²) < 4.78 is 1.65. The molecule has 1 amide bonds. The minimum Gasteiger partial charge on any atom is -0.332 e. The zero-order chi connectivity index (χ0) is 14.1. The highest BCUT2D eigenvalue weighted by Crippen LogP contribution is 2.33. The van der Waals surface area contributed by atoms with Gasteiger partial charge in [0.05, 0.1) is 17.8 Å². The van der Waals surface area contributed by atoms with Crippen LogP contribution in [0.5, 0.6) is 0 Å². The molecule has 5 heteroatoms. The summed E-state index contributed by atoms with van der Waals surface area (Å²) >= 11 is 5.92. The average molecular weight is 290 g/mol. The lowest BCUT2D eigenvalue weighted by Crippen LogP contribution is -2.30. The molecule has 0 N–H and O–H groups in total. The van der Waals surface area contributed by atoms with Crippen LogP contribution in [0.25, 0.3) is 0 Å². The zero-order valence-electron chi connectivity index (χ0n) is 11.3. The van der Waals surface area contributed by atoms with E-state index in [0.717, 1.165) is 30.0 Å². The predicted octanol–water partition coefficient (Wildman–Crippen LogP) is 3.05. The minimum atomic E-state index is 0.0514. The molecule has 1 saturated heterocycles. The number of likely N-dealkylation sites (tertiary alicyclic amines) is 1. The molecule has 3 rings (SSSR count). The van der Waals surface area contributed by atoms with Crippen LogP contribution in [-0.2, 0) is 7.05 Å². The Morgan fingerprint density at radius 3 is 2.75 bits per heavy atom. The van der Waals surface area contributed by atoms with Crippen LogP contribution < -0.4 is 0 Å². The van der Waals surface area contributed by atoms with Gasteiger partial charge in [-0.3, -0.25) is 9.48 Å². The summed E-state index contributed by atoms with van der Waals surface area (Å²) in [4.78, 5) is 14.5. The number of carbonyl (C=O) groups is 1. The van der Waals surface area contributed by atoms with Crippen molar-refractivity contribution in [3.8, 4) is 0 Å². The Bertz CT molecular complexity index is 620. The molecule has 2 heterocycles. The third-order valence-electron chi connectivity index (χ3n) is 3.72. The first kappa shape index (κ1) is 13.2. The maximum atomic E-state index is 12.6. The van der Waals surface area contributed by atoms with Crippen LogP contribution in [0.15, 0.2) is 36.7 Å². The summed E-state index contributed by atoms with van der Waals surface area (Å²) in [5.74, 6) is 0.0514. The molecule has 1 aliphatic rings. The predicted molar refractivity (Wildman–Crippen MR) is 77.7 cm³/mol. The molecule has 0 spiro atoms. The molecular weight excluding hydrogens is 274 g/mol. The average Bonchev–Trinajstić information content (AvgIpc) is 3.07.